The molecule has 0 fully saturated rings. The molecule has 0 unspecified atom stereocenters. The van der Waals surface area contributed by atoms with Crippen molar-refractivity contribution in [2.45, 2.75) is 6.18 Å². The van der Waals surface area contributed by atoms with Gasteiger partial charge in [-0.1, -0.05) is 23.2 Å². The van der Waals surface area contributed by atoms with Crippen LogP contribution in [0.3, 0.4) is 0 Å². The second-order valence-corrected chi connectivity index (χ2v) is 6.42. The van der Waals surface area contributed by atoms with Gasteiger partial charge in [0, 0.05) is 11.3 Å². The first-order valence-corrected chi connectivity index (χ1v) is 8.59. The Bertz CT molecular complexity index is 1050. The molecule has 0 aliphatic rings. The standard InChI is InChI=1S/C18H10Cl2F3N3O3/c19-14-6-9(7-15(20)26-14)16(27)25-12-4-3-10(8-11(12)18(21,22)23)24-17(28)13-2-1-5-29-13/h1-8H,(H,24,28)(H,25,27). The molecular weight excluding hydrogens is 434 g/mol. The lowest BCUT2D eigenvalue weighted by Gasteiger charge is -2.16. The van der Waals surface area contributed by atoms with Gasteiger partial charge >= 0.3 is 6.18 Å². The number of carbonyl (C=O) groups is 2. The summed E-state index contributed by atoms with van der Waals surface area (Å²) in [5, 5.41) is 4.28. The van der Waals surface area contributed by atoms with E-state index < -0.39 is 29.2 Å². The summed E-state index contributed by atoms with van der Waals surface area (Å²) in [6, 6.07) is 8.07. The van der Waals surface area contributed by atoms with Gasteiger partial charge in [0.2, 0.25) is 0 Å². The molecule has 0 aliphatic carbocycles. The number of hydrogen-bond acceptors (Lipinski definition) is 4. The van der Waals surface area contributed by atoms with Gasteiger partial charge in [-0.3, -0.25) is 9.59 Å². The predicted octanol–water partition coefficient (Wildman–Crippen LogP) is 5.50. The van der Waals surface area contributed by atoms with Crippen molar-refractivity contribution in [1.29, 1.82) is 0 Å². The highest BCUT2D eigenvalue weighted by atomic mass is 35.5. The number of nitrogens with one attached hydrogen (secondary N) is 2. The largest absolute Gasteiger partial charge is 0.459 e. The van der Waals surface area contributed by atoms with Crippen molar-refractivity contribution in [3.8, 4) is 0 Å². The third-order valence-electron chi connectivity index (χ3n) is 3.60. The highest BCUT2D eigenvalue weighted by Crippen LogP contribution is 2.37. The van der Waals surface area contributed by atoms with Crippen LogP contribution < -0.4 is 10.6 Å². The van der Waals surface area contributed by atoms with Gasteiger partial charge in [-0.2, -0.15) is 13.2 Å². The van der Waals surface area contributed by atoms with E-state index in [4.69, 9.17) is 27.6 Å². The zero-order chi connectivity index (χ0) is 21.2. The molecule has 2 aromatic heterocycles. The molecule has 0 radical (unpaired) electrons. The molecule has 0 spiro atoms. The van der Waals surface area contributed by atoms with Gasteiger partial charge in [0.15, 0.2) is 5.76 Å². The maximum absolute atomic E-state index is 13.5. The minimum atomic E-state index is -4.80. The maximum Gasteiger partial charge on any atom is 0.418 e. The fraction of sp³-hybridized carbons (Fsp3) is 0.0556. The molecule has 0 atom stereocenters. The molecular formula is C18H10Cl2F3N3O3. The van der Waals surface area contributed by atoms with Gasteiger partial charge in [0.1, 0.15) is 10.3 Å². The fourth-order valence-corrected chi connectivity index (χ4v) is 2.82. The van der Waals surface area contributed by atoms with Crippen molar-refractivity contribution in [3.05, 3.63) is 75.9 Å². The Morgan fingerprint density at radius 1 is 0.966 bits per heavy atom. The van der Waals surface area contributed by atoms with E-state index in [0.717, 1.165) is 18.2 Å². The zero-order valence-corrected chi connectivity index (χ0v) is 15.7. The third kappa shape index (κ3) is 5.07. The minimum Gasteiger partial charge on any atom is -0.459 e. The molecule has 0 saturated carbocycles. The number of furan rings is 1. The van der Waals surface area contributed by atoms with Crippen LogP contribution in [0.2, 0.25) is 10.3 Å². The van der Waals surface area contributed by atoms with Crippen LogP contribution in [-0.4, -0.2) is 16.8 Å². The second kappa shape index (κ2) is 8.14. The number of pyridine rings is 1. The van der Waals surface area contributed by atoms with E-state index in [0.29, 0.717) is 6.07 Å². The predicted molar refractivity (Wildman–Crippen MR) is 100 cm³/mol. The van der Waals surface area contributed by atoms with Crippen molar-refractivity contribution in [1.82, 2.24) is 4.98 Å². The van der Waals surface area contributed by atoms with E-state index in [-0.39, 0.29) is 27.3 Å². The van der Waals surface area contributed by atoms with Gasteiger partial charge in [0.25, 0.3) is 11.8 Å². The van der Waals surface area contributed by atoms with E-state index >= 15 is 0 Å². The zero-order valence-electron chi connectivity index (χ0n) is 14.2. The number of amides is 2. The second-order valence-electron chi connectivity index (χ2n) is 5.64. The van der Waals surface area contributed by atoms with Crippen LogP contribution in [0.5, 0.6) is 0 Å². The number of anilines is 2. The van der Waals surface area contributed by atoms with Crippen molar-refractivity contribution < 1.29 is 27.2 Å². The summed E-state index contributed by atoms with van der Waals surface area (Å²) in [7, 11) is 0. The highest BCUT2D eigenvalue weighted by Gasteiger charge is 2.34. The lowest BCUT2D eigenvalue weighted by Crippen LogP contribution is -2.18. The van der Waals surface area contributed by atoms with Crippen molar-refractivity contribution in [2.75, 3.05) is 10.6 Å². The normalized spacial score (nSPS) is 11.2. The summed E-state index contributed by atoms with van der Waals surface area (Å²) in [6.45, 7) is 0. The number of alkyl halides is 3. The molecule has 2 N–H and O–H groups in total. The average molecular weight is 444 g/mol. The highest BCUT2D eigenvalue weighted by molar-refractivity contribution is 6.33. The molecule has 6 nitrogen and oxygen atoms in total. The molecule has 3 aromatic rings. The van der Waals surface area contributed by atoms with E-state index in [1.165, 1.54) is 24.5 Å². The number of aromatic nitrogens is 1. The van der Waals surface area contributed by atoms with Crippen LogP contribution >= 0.6 is 23.2 Å². The molecule has 1 aromatic carbocycles. The maximum atomic E-state index is 13.5. The van der Waals surface area contributed by atoms with Crippen molar-refractivity contribution in [2.24, 2.45) is 0 Å². The number of carbonyl (C=O) groups excluding carboxylic acids is 2. The van der Waals surface area contributed by atoms with E-state index in [2.05, 4.69) is 15.6 Å². The first-order valence-electron chi connectivity index (χ1n) is 7.84. The van der Waals surface area contributed by atoms with Gasteiger partial charge in [-0.25, -0.2) is 4.98 Å². The topological polar surface area (TPSA) is 84.2 Å². The Kier molecular flexibility index (Phi) is 5.81. The minimum absolute atomic E-state index is 0.0672. The number of halogens is 5. The average Bonchev–Trinajstić information content (AvgIpc) is 3.16. The van der Waals surface area contributed by atoms with Crippen LogP contribution in [0.15, 0.2) is 53.1 Å². The molecule has 0 aliphatic heterocycles. The Hall–Kier alpha value is -3.04. The Morgan fingerprint density at radius 2 is 1.66 bits per heavy atom. The summed E-state index contributed by atoms with van der Waals surface area (Å²) in [5.41, 5.74) is -1.87. The van der Waals surface area contributed by atoms with Gasteiger partial charge in [-0.05, 0) is 42.5 Å². The monoisotopic (exact) mass is 443 g/mol. The van der Waals surface area contributed by atoms with Crippen LogP contribution in [-0.2, 0) is 6.18 Å². The summed E-state index contributed by atoms with van der Waals surface area (Å²) in [6.07, 6.45) is -3.55. The Morgan fingerprint density at radius 3 is 2.24 bits per heavy atom. The summed E-state index contributed by atoms with van der Waals surface area (Å²) < 4.78 is 45.3. The van der Waals surface area contributed by atoms with Crippen LogP contribution in [0, 0.1) is 0 Å². The van der Waals surface area contributed by atoms with Crippen molar-refractivity contribution >= 4 is 46.4 Å². The Balaban J connectivity index is 1.88. The summed E-state index contributed by atoms with van der Waals surface area (Å²) >= 11 is 11.4. The number of rotatable bonds is 4. The molecule has 3 rings (SSSR count). The molecule has 2 heterocycles. The van der Waals surface area contributed by atoms with Gasteiger partial charge < -0.3 is 15.1 Å². The van der Waals surface area contributed by atoms with Crippen LogP contribution in [0.25, 0.3) is 0 Å². The molecule has 0 bridgehead atoms. The quantitative estimate of drug-likeness (QED) is 0.521. The molecule has 2 amide bonds. The van der Waals surface area contributed by atoms with Crippen molar-refractivity contribution in [3.63, 3.8) is 0 Å². The molecule has 150 valence electrons. The van der Waals surface area contributed by atoms with Crippen LogP contribution in [0.1, 0.15) is 26.5 Å². The van der Waals surface area contributed by atoms with E-state index in [1.54, 1.807) is 0 Å². The third-order valence-corrected chi connectivity index (χ3v) is 3.99. The van der Waals surface area contributed by atoms with E-state index in [9.17, 15) is 22.8 Å². The smallest absolute Gasteiger partial charge is 0.418 e. The van der Waals surface area contributed by atoms with Gasteiger partial charge in [-0.15, -0.1) is 0 Å². The number of nitrogens with zero attached hydrogens (tertiary/aromatic N) is 1. The molecule has 0 saturated heterocycles. The fourth-order valence-electron chi connectivity index (χ4n) is 2.36. The van der Waals surface area contributed by atoms with Gasteiger partial charge in [0.05, 0.1) is 17.5 Å². The number of benzene rings is 1. The lowest BCUT2D eigenvalue weighted by molar-refractivity contribution is -0.136. The molecule has 11 heteroatoms. The van der Waals surface area contributed by atoms with E-state index in [1.807, 2.05) is 0 Å². The first kappa shape index (κ1) is 20.7. The first-order chi connectivity index (χ1) is 13.6. The van der Waals surface area contributed by atoms with Crippen LogP contribution in [0.4, 0.5) is 24.5 Å². The molecule has 29 heavy (non-hydrogen) atoms. The SMILES string of the molecule is O=C(Nc1ccc(NC(=O)c2ccco2)cc1C(F)(F)F)c1cc(Cl)nc(Cl)c1. The Labute approximate surface area is 171 Å². The summed E-state index contributed by atoms with van der Waals surface area (Å²) in [5.74, 6) is -1.66. The number of hydrogen-bond donors (Lipinski definition) is 2. The summed E-state index contributed by atoms with van der Waals surface area (Å²) in [4.78, 5) is 27.9. The lowest BCUT2D eigenvalue weighted by atomic mass is 10.1.